The number of nitrogens with zero attached hydrogens (tertiary/aromatic N) is 3. The molecule has 0 radical (unpaired) electrons. The minimum Gasteiger partial charge on any atom is -0.346 e. The van der Waals surface area contributed by atoms with Crippen LogP contribution in [0, 0.1) is 0 Å². The minimum atomic E-state index is -3.57. The lowest BCUT2D eigenvalue weighted by Crippen LogP contribution is -2.48. The number of rotatable bonds is 4. The van der Waals surface area contributed by atoms with E-state index in [1.165, 1.54) is 11.3 Å². The normalized spacial score (nSPS) is 15.2. The Kier molecular flexibility index (Phi) is 6.14. The number of thiocarbonyl (C=S) groups is 1. The second kappa shape index (κ2) is 8.81. The van der Waals surface area contributed by atoms with Crippen LogP contribution in [0.15, 0.2) is 69.8 Å². The van der Waals surface area contributed by atoms with Crippen molar-refractivity contribution in [2.75, 3.05) is 38.5 Å². The van der Waals surface area contributed by atoms with Crippen LogP contribution < -0.4 is 5.32 Å². The van der Waals surface area contributed by atoms with Gasteiger partial charge in [-0.25, -0.2) is 13.4 Å². The number of thiazole rings is 1. The lowest BCUT2D eigenvalue weighted by molar-refractivity contribution is 0.217. The molecule has 1 saturated heterocycles. The maximum Gasteiger partial charge on any atom is 0.206 e. The van der Waals surface area contributed by atoms with E-state index in [0.717, 1.165) is 31.7 Å². The average molecular weight is 459 g/mol. The Balaban J connectivity index is 1.51. The fourth-order valence-electron chi connectivity index (χ4n) is 3.20. The van der Waals surface area contributed by atoms with E-state index in [9.17, 15) is 8.42 Å². The maximum absolute atomic E-state index is 12.9. The lowest BCUT2D eigenvalue weighted by atomic mass is 10.2. The van der Waals surface area contributed by atoms with Crippen molar-refractivity contribution in [1.29, 1.82) is 0 Å². The quantitative estimate of drug-likeness (QED) is 0.600. The molecule has 4 rings (SSSR count). The SMILES string of the molecule is CN1CCN(C(=S)Nc2nc(-c3cccc(S(=O)(=O)c4ccccc4)c3)cs2)CC1. The Morgan fingerprint density at radius 2 is 1.73 bits per heavy atom. The van der Waals surface area contributed by atoms with Crippen LogP contribution >= 0.6 is 23.6 Å². The number of aromatic nitrogens is 1. The highest BCUT2D eigenvalue weighted by molar-refractivity contribution is 7.91. The van der Waals surface area contributed by atoms with Gasteiger partial charge in [0.05, 0.1) is 15.5 Å². The summed E-state index contributed by atoms with van der Waals surface area (Å²) in [5, 5.41) is 6.49. The van der Waals surface area contributed by atoms with Crippen molar-refractivity contribution in [2.45, 2.75) is 9.79 Å². The van der Waals surface area contributed by atoms with E-state index in [-0.39, 0.29) is 9.79 Å². The summed E-state index contributed by atoms with van der Waals surface area (Å²) in [5.74, 6) is 0. The molecule has 0 bridgehead atoms. The maximum atomic E-state index is 12.9. The first-order chi connectivity index (χ1) is 14.4. The molecular formula is C21H22N4O2S3. The molecule has 9 heteroatoms. The van der Waals surface area contributed by atoms with E-state index in [1.54, 1.807) is 48.5 Å². The molecule has 0 unspecified atom stereocenters. The summed E-state index contributed by atoms with van der Waals surface area (Å²) >= 11 is 6.98. The molecule has 2 aromatic carbocycles. The van der Waals surface area contributed by atoms with Crippen LogP contribution in [0.5, 0.6) is 0 Å². The number of anilines is 1. The number of likely N-dealkylation sites (N-methyl/N-ethyl adjacent to an activating group) is 1. The van der Waals surface area contributed by atoms with Crippen molar-refractivity contribution in [3.05, 3.63) is 60.0 Å². The van der Waals surface area contributed by atoms with Gasteiger partial charge in [-0.2, -0.15) is 0 Å². The Morgan fingerprint density at radius 3 is 2.47 bits per heavy atom. The number of benzene rings is 2. The van der Waals surface area contributed by atoms with E-state index in [4.69, 9.17) is 12.2 Å². The second-order valence-corrected chi connectivity index (χ2v) is 10.3. The molecule has 0 atom stereocenters. The van der Waals surface area contributed by atoms with E-state index >= 15 is 0 Å². The summed E-state index contributed by atoms with van der Waals surface area (Å²) in [4.78, 5) is 9.56. The van der Waals surface area contributed by atoms with Crippen LogP contribution in [0.4, 0.5) is 5.13 Å². The van der Waals surface area contributed by atoms with Gasteiger partial charge in [-0.1, -0.05) is 30.3 Å². The number of hydrogen-bond acceptors (Lipinski definition) is 6. The van der Waals surface area contributed by atoms with E-state index < -0.39 is 9.84 Å². The van der Waals surface area contributed by atoms with E-state index in [1.807, 2.05) is 11.4 Å². The summed E-state index contributed by atoms with van der Waals surface area (Å²) in [6.45, 7) is 3.74. The third-order valence-corrected chi connectivity index (χ3v) is 7.89. The second-order valence-electron chi connectivity index (χ2n) is 7.10. The topological polar surface area (TPSA) is 65.5 Å². The third kappa shape index (κ3) is 4.54. The van der Waals surface area contributed by atoms with Crippen molar-refractivity contribution in [3.63, 3.8) is 0 Å². The van der Waals surface area contributed by atoms with Crippen LogP contribution in [0.2, 0.25) is 0 Å². The number of piperazine rings is 1. The van der Waals surface area contributed by atoms with Crippen LogP contribution in [-0.2, 0) is 9.84 Å². The lowest BCUT2D eigenvalue weighted by Gasteiger charge is -2.33. The predicted molar refractivity (Wildman–Crippen MR) is 125 cm³/mol. The molecule has 156 valence electrons. The molecule has 30 heavy (non-hydrogen) atoms. The van der Waals surface area contributed by atoms with Crippen molar-refractivity contribution in [2.24, 2.45) is 0 Å². The largest absolute Gasteiger partial charge is 0.346 e. The highest BCUT2D eigenvalue weighted by atomic mass is 32.2. The number of sulfone groups is 1. The highest BCUT2D eigenvalue weighted by Crippen LogP contribution is 2.29. The van der Waals surface area contributed by atoms with Gasteiger partial charge in [0.1, 0.15) is 0 Å². The zero-order chi connectivity index (χ0) is 21.1. The van der Waals surface area contributed by atoms with Crippen LogP contribution in [-0.4, -0.2) is 61.5 Å². The summed E-state index contributed by atoms with van der Waals surface area (Å²) < 4.78 is 25.8. The molecule has 1 aliphatic rings. The summed E-state index contributed by atoms with van der Waals surface area (Å²) in [6, 6.07) is 15.3. The van der Waals surface area contributed by atoms with Gasteiger partial charge >= 0.3 is 0 Å². The fraction of sp³-hybridized carbons (Fsp3) is 0.238. The molecule has 6 nitrogen and oxygen atoms in total. The van der Waals surface area contributed by atoms with Gasteiger partial charge in [-0.05, 0) is 43.5 Å². The standard InChI is InChI=1S/C21H22N4O2S3/c1-24-10-12-25(13-11-24)21(28)23-20-22-19(15-29-20)16-6-5-9-18(14-16)30(26,27)17-7-3-2-4-8-17/h2-9,14-15H,10-13H2,1H3,(H,22,23,28). The Bertz CT molecular complexity index is 1140. The van der Waals surface area contributed by atoms with E-state index in [2.05, 4.69) is 27.1 Å². The number of hydrogen-bond donors (Lipinski definition) is 1. The first-order valence-electron chi connectivity index (χ1n) is 9.54. The first-order valence-corrected chi connectivity index (χ1v) is 12.3. The van der Waals surface area contributed by atoms with Crippen LogP contribution in [0.3, 0.4) is 0 Å². The molecule has 1 N–H and O–H groups in total. The highest BCUT2D eigenvalue weighted by Gasteiger charge is 2.19. The fourth-order valence-corrected chi connectivity index (χ4v) is 5.59. The van der Waals surface area contributed by atoms with Crippen molar-refractivity contribution < 1.29 is 8.42 Å². The molecule has 2 heterocycles. The summed E-state index contributed by atoms with van der Waals surface area (Å²) in [7, 11) is -1.47. The van der Waals surface area contributed by atoms with Crippen molar-refractivity contribution in [3.8, 4) is 11.3 Å². The Morgan fingerprint density at radius 1 is 1.03 bits per heavy atom. The van der Waals surface area contributed by atoms with Gasteiger partial charge in [0, 0.05) is 37.1 Å². The zero-order valence-electron chi connectivity index (χ0n) is 16.5. The minimum absolute atomic E-state index is 0.252. The smallest absolute Gasteiger partial charge is 0.206 e. The van der Waals surface area contributed by atoms with Crippen molar-refractivity contribution >= 4 is 43.6 Å². The molecule has 0 spiro atoms. The average Bonchev–Trinajstić information content (AvgIpc) is 3.23. The molecule has 3 aromatic rings. The molecular weight excluding hydrogens is 436 g/mol. The van der Waals surface area contributed by atoms with Gasteiger partial charge < -0.3 is 15.1 Å². The van der Waals surface area contributed by atoms with Gasteiger partial charge in [-0.15, -0.1) is 11.3 Å². The monoisotopic (exact) mass is 458 g/mol. The molecule has 1 aliphatic heterocycles. The third-order valence-electron chi connectivity index (χ3n) is 5.00. The van der Waals surface area contributed by atoms with Crippen LogP contribution in [0.25, 0.3) is 11.3 Å². The molecule has 1 fully saturated rings. The molecule has 1 aromatic heterocycles. The Hall–Kier alpha value is -2.33. The van der Waals surface area contributed by atoms with Gasteiger partial charge in [0.25, 0.3) is 0 Å². The van der Waals surface area contributed by atoms with E-state index in [0.29, 0.717) is 15.9 Å². The molecule has 0 saturated carbocycles. The van der Waals surface area contributed by atoms with Crippen LogP contribution in [0.1, 0.15) is 0 Å². The summed E-state index contributed by atoms with van der Waals surface area (Å²) in [6.07, 6.45) is 0. The Labute approximate surface area is 186 Å². The molecule has 0 amide bonds. The van der Waals surface area contributed by atoms with Gasteiger partial charge in [0.15, 0.2) is 10.2 Å². The van der Waals surface area contributed by atoms with Gasteiger partial charge in [-0.3, -0.25) is 0 Å². The summed E-state index contributed by atoms with van der Waals surface area (Å²) in [5.41, 5.74) is 1.47. The predicted octanol–water partition coefficient (Wildman–Crippen LogP) is 3.59. The van der Waals surface area contributed by atoms with Crippen molar-refractivity contribution in [1.82, 2.24) is 14.8 Å². The first kappa shape index (κ1) is 20.9. The zero-order valence-corrected chi connectivity index (χ0v) is 18.9. The van der Waals surface area contributed by atoms with Gasteiger partial charge in [0.2, 0.25) is 9.84 Å². The number of nitrogens with one attached hydrogen (secondary N) is 1. The molecule has 0 aliphatic carbocycles.